The van der Waals surface area contributed by atoms with Crippen molar-refractivity contribution >= 4 is 33.1 Å². The van der Waals surface area contributed by atoms with Crippen molar-refractivity contribution in [1.82, 2.24) is 9.97 Å². The molecule has 2 atom stereocenters. The van der Waals surface area contributed by atoms with Crippen molar-refractivity contribution in [1.29, 1.82) is 0 Å². The lowest BCUT2D eigenvalue weighted by Crippen LogP contribution is -2.32. The highest BCUT2D eigenvalue weighted by atomic mass is 16.5. The molecule has 6 nitrogen and oxygen atoms in total. The van der Waals surface area contributed by atoms with Crippen LogP contribution in [-0.4, -0.2) is 34.7 Å². The van der Waals surface area contributed by atoms with Crippen LogP contribution in [0.3, 0.4) is 0 Å². The molecule has 0 amide bonds. The maximum atomic E-state index is 14.2. The summed E-state index contributed by atoms with van der Waals surface area (Å²) in [5.74, 6) is 13.4. The third-order valence-corrected chi connectivity index (χ3v) is 15.2. The van der Waals surface area contributed by atoms with E-state index in [2.05, 4.69) is 179 Å². The highest BCUT2D eigenvalue weighted by Gasteiger charge is 2.46. The first-order valence-corrected chi connectivity index (χ1v) is 25.3. The number of carbonyl (C=O) groups excluding carboxylic acids is 2. The number of hydrogen-bond acceptors (Lipinski definition) is 6. The van der Waals surface area contributed by atoms with Gasteiger partial charge in [-0.3, -0.25) is 19.6 Å². The van der Waals surface area contributed by atoms with E-state index >= 15 is 0 Å². The molecule has 2 aromatic heterocycles. The van der Waals surface area contributed by atoms with E-state index in [0.29, 0.717) is 30.8 Å². The van der Waals surface area contributed by atoms with Crippen molar-refractivity contribution in [2.75, 3.05) is 13.2 Å². The van der Waals surface area contributed by atoms with Gasteiger partial charge >= 0.3 is 0 Å². The normalized spacial score (nSPS) is 16.4. The highest BCUT2D eigenvalue weighted by molar-refractivity contribution is 6.02. The first-order valence-electron chi connectivity index (χ1n) is 25.3. The van der Waals surface area contributed by atoms with Gasteiger partial charge in [0.2, 0.25) is 0 Å². The summed E-state index contributed by atoms with van der Waals surface area (Å²) in [7, 11) is 0. The molecule has 0 saturated heterocycles. The Balaban J connectivity index is 0.957. The van der Waals surface area contributed by atoms with Crippen LogP contribution < -0.4 is 9.47 Å². The Hall–Kier alpha value is -9.36. The van der Waals surface area contributed by atoms with E-state index in [1.165, 1.54) is 0 Å². The van der Waals surface area contributed by atoms with Gasteiger partial charge in [-0.15, -0.1) is 11.8 Å². The topological polar surface area (TPSA) is 78.4 Å². The fraction of sp³-hybridized carbons (Fsp3) is 0.130. The van der Waals surface area contributed by atoms with E-state index in [9.17, 15) is 9.59 Å². The van der Waals surface area contributed by atoms with E-state index in [1.807, 2.05) is 50.2 Å². The van der Waals surface area contributed by atoms with Crippen molar-refractivity contribution in [3.8, 4) is 35.2 Å². The van der Waals surface area contributed by atoms with Gasteiger partial charge in [0.25, 0.3) is 0 Å². The van der Waals surface area contributed by atoms with Crippen LogP contribution in [0.1, 0.15) is 101 Å². The van der Waals surface area contributed by atoms with Crippen LogP contribution >= 0.6 is 0 Å². The first-order chi connectivity index (χ1) is 36.9. The molecule has 2 unspecified atom stereocenters. The second-order valence-electron chi connectivity index (χ2n) is 19.3. The predicted molar refractivity (Wildman–Crippen MR) is 297 cm³/mol. The van der Waals surface area contributed by atoms with Gasteiger partial charge in [-0.1, -0.05) is 145 Å². The minimum atomic E-state index is -0.847. The van der Waals surface area contributed by atoms with Crippen molar-refractivity contribution in [3.05, 3.63) is 285 Å². The third-order valence-electron chi connectivity index (χ3n) is 15.2. The number of hydrogen-bond donors (Lipinski definition) is 0. The number of nitrogens with zero attached hydrogens (tertiary/aromatic N) is 2. The van der Waals surface area contributed by atoms with Crippen LogP contribution in [0.5, 0.6) is 11.5 Å². The zero-order valence-electron chi connectivity index (χ0n) is 41.7. The second-order valence-corrected chi connectivity index (χ2v) is 19.3. The van der Waals surface area contributed by atoms with E-state index in [1.54, 1.807) is 24.8 Å². The Morgan fingerprint density at radius 3 is 1.28 bits per heavy atom. The number of ketones is 2. The Labute approximate surface area is 437 Å². The molecule has 0 spiro atoms. The molecule has 2 aliphatic rings. The van der Waals surface area contributed by atoms with E-state index in [4.69, 9.17) is 9.47 Å². The number of Topliss-reactive ketones (excluding diaryl/α,β-unsaturated/α-hetero) is 2. The van der Waals surface area contributed by atoms with Crippen LogP contribution in [-0.2, 0) is 30.1 Å². The van der Waals surface area contributed by atoms with Gasteiger partial charge in [-0.05, 0) is 157 Å². The van der Waals surface area contributed by atoms with Crippen LogP contribution in [0.2, 0.25) is 0 Å². The Kier molecular flexibility index (Phi) is 12.2. The molecular weight excluding hydrogens is 921 g/mol. The molecule has 75 heavy (non-hydrogen) atoms. The van der Waals surface area contributed by atoms with Crippen molar-refractivity contribution in [2.45, 2.75) is 43.9 Å². The lowest BCUT2D eigenvalue weighted by Gasteiger charge is -2.38. The first kappa shape index (κ1) is 46.7. The average Bonchev–Trinajstić information content (AvgIpc) is 3.78. The largest absolute Gasteiger partial charge is 0.481 e. The number of fused-ring (bicyclic) bond motifs is 6. The molecule has 0 aliphatic heterocycles. The average molecular weight is 971 g/mol. The number of aromatic nitrogens is 2. The number of carbonyl (C=O) groups is 2. The standard InChI is InChI=1S/C69H50N2O4/c1-3-5-35-74-58-29-21-48-38-56(27-19-50(48)40-58)68(62-13-9-7-11-52(62)42-66(72)60-44-70-33-31-64(60)68)54-23-15-46(16-24-54)37-47-17-25-55(26-18-47)69(57-28-20-51-41-59(75-36-6-4-2)30-22-49(51)39-57)63-14-10-8-12-53(63)43-67(73)61-45-71-34-32-65(61)69/h7-34,38-41,44-45H,35-37,42-43H2,1-2H3. The van der Waals surface area contributed by atoms with E-state index in [-0.39, 0.29) is 24.4 Å². The van der Waals surface area contributed by atoms with Crippen LogP contribution in [0.15, 0.2) is 207 Å². The summed E-state index contributed by atoms with van der Waals surface area (Å²) in [6.45, 7) is 4.27. The summed E-state index contributed by atoms with van der Waals surface area (Å²) in [6.07, 6.45) is 8.32. The molecule has 10 aromatic rings. The zero-order valence-corrected chi connectivity index (χ0v) is 41.7. The van der Waals surface area contributed by atoms with Crippen molar-refractivity contribution < 1.29 is 19.1 Å². The van der Waals surface area contributed by atoms with Crippen LogP contribution in [0, 0.1) is 23.7 Å². The SMILES string of the molecule is CC#CCOc1ccc2cc(C3(c4ccc(Cc5ccc(C6(c7ccc8cc(OCC#CC)ccc8c7)c7ccccc7CC(=O)c7cnccc76)cc5)cc4)c4ccccc4CC(=O)c4cnccc43)ccc2c1. The summed E-state index contributed by atoms with van der Waals surface area (Å²) >= 11 is 0. The summed E-state index contributed by atoms with van der Waals surface area (Å²) in [4.78, 5) is 37.4. The maximum Gasteiger partial charge on any atom is 0.169 e. The lowest BCUT2D eigenvalue weighted by molar-refractivity contribution is 0.0984. The van der Waals surface area contributed by atoms with Crippen LogP contribution in [0.4, 0.5) is 0 Å². The van der Waals surface area contributed by atoms with Gasteiger partial charge in [0.05, 0.1) is 10.8 Å². The number of rotatable bonds is 10. The fourth-order valence-electron chi connectivity index (χ4n) is 11.8. The molecule has 12 rings (SSSR count). The molecular formula is C69H50N2O4. The molecule has 360 valence electrons. The van der Waals surface area contributed by atoms with Crippen molar-refractivity contribution in [2.24, 2.45) is 0 Å². The van der Waals surface area contributed by atoms with Gasteiger partial charge in [-0.2, -0.15) is 0 Å². The molecule has 0 saturated carbocycles. The van der Waals surface area contributed by atoms with Gasteiger partial charge in [0.15, 0.2) is 11.6 Å². The molecule has 2 heterocycles. The molecule has 0 bridgehead atoms. The number of ether oxygens (including phenoxy) is 2. The van der Waals surface area contributed by atoms with Gasteiger partial charge in [0.1, 0.15) is 24.7 Å². The Bertz CT molecular complexity index is 3760. The summed E-state index contributed by atoms with van der Waals surface area (Å²) in [5.41, 5.74) is 12.0. The molecule has 0 N–H and O–H groups in total. The fourth-order valence-corrected chi connectivity index (χ4v) is 11.8. The highest BCUT2D eigenvalue weighted by Crippen LogP contribution is 2.52. The van der Waals surface area contributed by atoms with Gasteiger partial charge in [-0.25, -0.2) is 0 Å². The van der Waals surface area contributed by atoms with Crippen LogP contribution in [0.25, 0.3) is 21.5 Å². The minimum Gasteiger partial charge on any atom is -0.481 e. The predicted octanol–water partition coefficient (Wildman–Crippen LogP) is 13.4. The monoisotopic (exact) mass is 970 g/mol. The Morgan fingerprint density at radius 2 is 0.840 bits per heavy atom. The van der Waals surface area contributed by atoms with Gasteiger partial charge in [0, 0.05) is 48.8 Å². The van der Waals surface area contributed by atoms with E-state index < -0.39 is 10.8 Å². The number of benzene rings is 8. The minimum absolute atomic E-state index is 0.0460. The lowest BCUT2D eigenvalue weighted by atomic mass is 9.63. The molecule has 2 aliphatic carbocycles. The summed E-state index contributed by atoms with van der Waals surface area (Å²) in [6, 6.07) is 64.2. The third kappa shape index (κ3) is 8.13. The van der Waals surface area contributed by atoms with Crippen molar-refractivity contribution in [3.63, 3.8) is 0 Å². The smallest absolute Gasteiger partial charge is 0.169 e. The molecule has 0 radical (unpaired) electrons. The van der Waals surface area contributed by atoms with E-state index in [0.717, 1.165) is 99.8 Å². The molecule has 6 heteroatoms. The Morgan fingerprint density at radius 1 is 0.440 bits per heavy atom. The second kappa shape index (κ2) is 19.6. The molecule has 0 fully saturated rings. The number of pyridine rings is 2. The summed E-state index contributed by atoms with van der Waals surface area (Å²) in [5, 5.41) is 4.21. The molecule has 8 aromatic carbocycles. The van der Waals surface area contributed by atoms with Gasteiger partial charge < -0.3 is 9.47 Å². The summed E-state index contributed by atoms with van der Waals surface area (Å²) < 4.78 is 11.9. The quantitative estimate of drug-likeness (QED) is 0.127. The zero-order chi connectivity index (χ0) is 50.9. The maximum absolute atomic E-state index is 14.2.